The molecule has 212 valence electrons. The molecule has 1 atom stereocenters. The fraction of sp³-hybridized carbons (Fsp3) is 0.294. The maximum Gasteiger partial charge on any atom is 0.416 e. The van der Waals surface area contributed by atoms with Gasteiger partial charge in [-0.25, -0.2) is 4.39 Å². The lowest BCUT2D eigenvalue weighted by Gasteiger charge is -2.39. The largest absolute Gasteiger partial charge is 0.416 e. The topological polar surface area (TPSA) is 24.1 Å². The van der Waals surface area contributed by atoms with Crippen LogP contribution in [0.3, 0.4) is 0 Å². The number of allylic oxidation sites excluding steroid dienone is 2. The van der Waals surface area contributed by atoms with Gasteiger partial charge < -0.3 is 10.6 Å². The van der Waals surface area contributed by atoms with Crippen molar-refractivity contribution >= 4 is 0 Å². The summed E-state index contributed by atoms with van der Waals surface area (Å²) < 4.78 is 55.9. The molecular weight excluding hydrogens is 512 g/mol. The van der Waals surface area contributed by atoms with Crippen LogP contribution in [0.5, 0.6) is 0 Å². The van der Waals surface area contributed by atoms with Crippen LogP contribution in [0.15, 0.2) is 111 Å². The molecular formula is C34H38F4N2. The lowest BCUT2D eigenvalue weighted by atomic mass is 9.78. The zero-order valence-electron chi connectivity index (χ0n) is 23.0. The molecule has 3 aromatic rings. The van der Waals surface area contributed by atoms with Gasteiger partial charge in [-0.1, -0.05) is 86.2 Å². The van der Waals surface area contributed by atoms with Crippen LogP contribution in [0.4, 0.5) is 17.6 Å². The van der Waals surface area contributed by atoms with Gasteiger partial charge in [0.05, 0.1) is 16.9 Å². The third-order valence-electron chi connectivity index (χ3n) is 7.02. The Morgan fingerprint density at radius 1 is 0.875 bits per heavy atom. The van der Waals surface area contributed by atoms with Gasteiger partial charge in [0.25, 0.3) is 0 Å². The monoisotopic (exact) mass is 550 g/mol. The Morgan fingerprint density at radius 2 is 1.45 bits per heavy atom. The molecule has 0 aromatic heterocycles. The van der Waals surface area contributed by atoms with Crippen LogP contribution >= 0.6 is 0 Å². The fourth-order valence-electron chi connectivity index (χ4n) is 5.17. The number of benzene rings is 3. The van der Waals surface area contributed by atoms with Crippen LogP contribution in [-0.2, 0) is 11.7 Å². The van der Waals surface area contributed by atoms with Gasteiger partial charge >= 0.3 is 6.18 Å². The standard InChI is InChI=1S/C31H32F4N2.C3H6/c1-3-4-18-30(37-22(2)36-29-12-8-9-13-29,26-19-27(31(33,34)35)21-28(32)20-26)25-16-14-24(15-17-25)23-10-6-5-7-11-23;1-3-2/h3,5-7,10-11,14-17,19-21,29,36-37H,1-2,4,8-9,12-13,18H2;3H,1H2,2H3. The van der Waals surface area contributed by atoms with Crippen molar-refractivity contribution in [2.75, 3.05) is 0 Å². The van der Waals surface area contributed by atoms with Crippen LogP contribution in [-0.4, -0.2) is 6.04 Å². The van der Waals surface area contributed by atoms with Gasteiger partial charge in [0.2, 0.25) is 0 Å². The summed E-state index contributed by atoms with van der Waals surface area (Å²) in [5.41, 5.74) is 0.693. The molecule has 0 amide bonds. The Bertz CT molecular complexity index is 1260. The maximum absolute atomic E-state index is 14.7. The number of hydrogen-bond donors (Lipinski definition) is 2. The lowest BCUT2D eigenvalue weighted by molar-refractivity contribution is -0.137. The van der Waals surface area contributed by atoms with Crippen molar-refractivity contribution in [1.82, 2.24) is 10.6 Å². The van der Waals surface area contributed by atoms with Crippen molar-refractivity contribution in [3.05, 3.63) is 133 Å². The molecule has 0 bridgehead atoms. The van der Waals surface area contributed by atoms with E-state index in [4.69, 9.17) is 0 Å². The number of nitrogens with one attached hydrogen (secondary N) is 2. The van der Waals surface area contributed by atoms with E-state index in [0.717, 1.165) is 42.9 Å². The molecule has 0 radical (unpaired) electrons. The van der Waals surface area contributed by atoms with Crippen molar-refractivity contribution in [3.8, 4) is 11.1 Å². The maximum atomic E-state index is 14.7. The number of rotatable bonds is 10. The third-order valence-corrected chi connectivity index (χ3v) is 7.02. The number of halogens is 4. The first-order valence-electron chi connectivity index (χ1n) is 13.6. The Hall–Kier alpha value is -3.80. The second-order valence-electron chi connectivity index (χ2n) is 10.0. The van der Waals surface area contributed by atoms with Crippen molar-refractivity contribution in [1.29, 1.82) is 0 Å². The van der Waals surface area contributed by atoms with Gasteiger partial charge in [-0.3, -0.25) is 0 Å². The van der Waals surface area contributed by atoms with Crippen molar-refractivity contribution in [3.63, 3.8) is 0 Å². The summed E-state index contributed by atoms with van der Waals surface area (Å²) in [7, 11) is 0. The second-order valence-corrected chi connectivity index (χ2v) is 10.0. The van der Waals surface area contributed by atoms with E-state index in [-0.39, 0.29) is 11.6 Å². The van der Waals surface area contributed by atoms with Crippen molar-refractivity contribution < 1.29 is 17.6 Å². The van der Waals surface area contributed by atoms with Gasteiger partial charge in [0.15, 0.2) is 0 Å². The zero-order chi connectivity index (χ0) is 29.2. The predicted octanol–water partition coefficient (Wildman–Crippen LogP) is 9.51. The summed E-state index contributed by atoms with van der Waals surface area (Å²) in [4.78, 5) is 0. The summed E-state index contributed by atoms with van der Waals surface area (Å²) in [6.07, 6.45) is 3.87. The van der Waals surface area contributed by atoms with Crippen molar-refractivity contribution in [2.45, 2.75) is 63.2 Å². The Kier molecular flexibility index (Phi) is 10.8. The van der Waals surface area contributed by atoms with E-state index in [1.165, 1.54) is 6.07 Å². The molecule has 0 aliphatic heterocycles. The summed E-state index contributed by atoms with van der Waals surface area (Å²) in [5, 5.41) is 6.80. The molecule has 3 aromatic carbocycles. The molecule has 0 spiro atoms. The van der Waals surface area contributed by atoms with Gasteiger partial charge in [-0.2, -0.15) is 13.2 Å². The highest BCUT2D eigenvalue weighted by Gasteiger charge is 2.38. The molecule has 4 rings (SSSR count). The average molecular weight is 551 g/mol. The molecule has 1 aliphatic carbocycles. The first kappa shape index (κ1) is 30.7. The minimum Gasteiger partial charge on any atom is -0.370 e. The number of alkyl halides is 3. The van der Waals surface area contributed by atoms with E-state index in [1.54, 1.807) is 12.2 Å². The molecule has 6 heteroatoms. The highest BCUT2D eigenvalue weighted by Crippen LogP contribution is 2.40. The second kappa shape index (κ2) is 14.0. The van der Waals surface area contributed by atoms with Crippen LogP contribution in [0.2, 0.25) is 0 Å². The fourth-order valence-corrected chi connectivity index (χ4v) is 5.17. The molecule has 0 saturated heterocycles. The third kappa shape index (κ3) is 7.87. The van der Waals surface area contributed by atoms with Crippen LogP contribution in [0, 0.1) is 5.82 Å². The van der Waals surface area contributed by atoms with Gasteiger partial charge in [0.1, 0.15) is 5.82 Å². The van der Waals surface area contributed by atoms with Gasteiger partial charge in [-0.15, -0.1) is 13.2 Å². The molecule has 1 aliphatic rings. The first-order valence-corrected chi connectivity index (χ1v) is 13.6. The van der Waals surface area contributed by atoms with E-state index in [2.05, 4.69) is 30.4 Å². The molecule has 1 unspecified atom stereocenters. The summed E-state index contributed by atoms with van der Waals surface area (Å²) in [6, 6.07) is 20.5. The van der Waals surface area contributed by atoms with E-state index in [1.807, 2.05) is 61.5 Å². The smallest absolute Gasteiger partial charge is 0.370 e. The van der Waals surface area contributed by atoms with Gasteiger partial charge in [0, 0.05) is 6.04 Å². The summed E-state index contributed by atoms with van der Waals surface area (Å²) >= 11 is 0. The molecule has 1 saturated carbocycles. The van der Waals surface area contributed by atoms with Gasteiger partial charge in [-0.05, 0) is 73.1 Å². The highest BCUT2D eigenvalue weighted by molar-refractivity contribution is 5.64. The Morgan fingerprint density at radius 3 is 2.02 bits per heavy atom. The molecule has 2 nitrogen and oxygen atoms in total. The van der Waals surface area contributed by atoms with E-state index in [9.17, 15) is 17.6 Å². The zero-order valence-corrected chi connectivity index (χ0v) is 23.0. The average Bonchev–Trinajstić information content (AvgIpc) is 3.44. The normalized spacial score (nSPS) is 14.8. The first-order chi connectivity index (χ1) is 19.1. The van der Waals surface area contributed by atoms with E-state index >= 15 is 0 Å². The van der Waals surface area contributed by atoms with Crippen molar-refractivity contribution in [2.24, 2.45) is 0 Å². The molecule has 40 heavy (non-hydrogen) atoms. The molecule has 0 heterocycles. The molecule has 2 N–H and O–H groups in total. The Balaban J connectivity index is 0.00000141. The van der Waals surface area contributed by atoms with E-state index < -0.39 is 23.1 Å². The van der Waals surface area contributed by atoms with Crippen LogP contribution in [0.25, 0.3) is 11.1 Å². The number of hydrogen-bond acceptors (Lipinski definition) is 2. The van der Waals surface area contributed by atoms with Crippen LogP contribution < -0.4 is 10.6 Å². The van der Waals surface area contributed by atoms with E-state index in [0.29, 0.717) is 30.3 Å². The minimum absolute atomic E-state index is 0.184. The minimum atomic E-state index is -4.68. The SMILES string of the molecule is C=CC.C=CCCC(NC(=C)NC1CCCC1)(c1ccc(-c2ccccc2)cc1)c1cc(F)cc(C(F)(F)F)c1. The predicted molar refractivity (Wildman–Crippen MR) is 157 cm³/mol. The van der Waals surface area contributed by atoms with Crippen LogP contribution in [0.1, 0.15) is 62.1 Å². The summed E-state index contributed by atoms with van der Waals surface area (Å²) in [6.45, 7) is 13.2. The lowest BCUT2D eigenvalue weighted by Crippen LogP contribution is -2.47. The molecule has 1 fully saturated rings. The summed E-state index contributed by atoms with van der Waals surface area (Å²) in [5.74, 6) is -0.439. The quantitative estimate of drug-likeness (QED) is 0.194. The highest BCUT2D eigenvalue weighted by atomic mass is 19.4. The Labute approximate surface area is 235 Å².